The van der Waals surface area contributed by atoms with Crippen LogP contribution in [0.15, 0.2) is 47.5 Å². The first-order valence-corrected chi connectivity index (χ1v) is 8.84. The summed E-state index contributed by atoms with van der Waals surface area (Å²) in [6, 6.07) is 12.0. The van der Waals surface area contributed by atoms with Gasteiger partial charge in [0, 0.05) is 10.6 Å². The quantitative estimate of drug-likeness (QED) is 0.599. The molecule has 5 nitrogen and oxygen atoms in total. The zero-order valence-corrected chi connectivity index (χ0v) is 15.4. The Bertz CT molecular complexity index is 928. The average molecular weight is 394 g/mol. The molecule has 0 aliphatic carbocycles. The zero-order chi connectivity index (χ0) is 17.8. The van der Waals surface area contributed by atoms with Crippen LogP contribution < -0.4 is 4.74 Å². The maximum Gasteiger partial charge on any atom is 0.231 e. The molecule has 0 bridgehead atoms. The number of nitrogens with zero attached hydrogens (tertiary/aromatic N) is 3. The van der Waals surface area contributed by atoms with Crippen molar-refractivity contribution in [1.29, 1.82) is 0 Å². The number of hydrogen-bond donors (Lipinski definition) is 1. The number of benzene rings is 2. The molecule has 3 rings (SSSR count). The van der Waals surface area contributed by atoms with Crippen LogP contribution in [0.2, 0.25) is 10.0 Å². The first-order chi connectivity index (χ1) is 12.0. The number of phenolic OH excluding ortho intramolecular Hbond substituents is 1. The van der Waals surface area contributed by atoms with E-state index in [1.165, 1.54) is 11.3 Å². The van der Waals surface area contributed by atoms with E-state index in [1.807, 2.05) is 6.07 Å². The highest BCUT2D eigenvalue weighted by Crippen LogP contribution is 2.29. The Hall–Kier alpha value is -2.15. The summed E-state index contributed by atoms with van der Waals surface area (Å²) in [6.45, 7) is 2.03. The number of hydrogen-bond acceptors (Lipinski definition) is 6. The lowest BCUT2D eigenvalue weighted by Crippen LogP contribution is -1.95. The monoisotopic (exact) mass is 393 g/mol. The number of ether oxygens (including phenoxy) is 1. The second kappa shape index (κ2) is 7.82. The van der Waals surface area contributed by atoms with Gasteiger partial charge in [-0.2, -0.15) is 0 Å². The van der Waals surface area contributed by atoms with E-state index in [4.69, 9.17) is 27.9 Å². The van der Waals surface area contributed by atoms with Crippen molar-refractivity contribution in [3.63, 3.8) is 0 Å². The third kappa shape index (κ3) is 4.48. The van der Waals surface area contributed by atoms with Gasteiger partial charge in [-0.25, -0.2) is 4.99 Å². The highest BCUT2D eigenvalue weighted by molar-refractivity contribution is 7.14. The van der Waals surface area contributed by atoms with Crippen LogP contribution in [-0.2, 0) is 6.61 Å². The molecule has 2 aromatic carbocycles. The van der Waals surface area contributed by atoms with Crippen LogP contribution in [0.3, 0.4) is 0 Å². The van der Waals surface area contributed by atoms with Crippen LogP contribution in [0.25, 0.3) is 0 Å². The molecule has 0 amide bonds. The van der Waals surface area contributed by atoms with Gasteiger partial charge in [-0.05, 0) is 37.3 Å². The minimum Gasteiger partial charge on any atom is -0.507 e. The number of aliphatic imine (C=N–C) groups is 1. The summed E-state index contributed by atoms with van der Waals surface area (Å²) in [5.74, 6) is 0.700. The van der Waals surface area contributed by atoms with Crippen molar-refractivity contribution < 1.29 is 9.84 Å². The van der Waals surface area contributed by atoms with Crippen LogP contribution in [0, 0.1) is 0 Å². The van der Waals surface area contributed by atoms with Crippen molar-refractivity contribution >= 4 is 45.4 Å². The molecule has 0 aliphatic heterocycles. The Morgan fingerprint density at radius 2 is 2.00 bits per heavy atom. The SMILES string of the molecule is C/C(=N\c1nnc(COc2ccc(Cl)cc2Cl)s1)c1ccccc1O. The Morgan fingerprint density at radius 1 is 1.20 bits per heavy atom. The van der Waals surface area contributed by atoms with E-state index in [0.717, 1.165) is 0 Å². The predicted molar refractivity (Wildman–Crippen MR) is 101 cm³/mol. The molecular formula is C17H13Cl2N3O2S. The van der Waals surface area contributed by atoms with Gasteiger partial charge >= 0.3 is 0 Å². The van der Waals surface area contributed by atoms with Crippen LogP contribution in [-0.4, -0.2) is 21.0 Å². The Labute approximate surface area is 158 Å². The molecule has 0 saturated carbocycles. The predicted octanol–water partition coefficient (Wildman–Crippen LogP) is 5.27. The summed E-state index contributed by atoms with van der Waals surface area (Å²) in [4.78, 5) is 4.40. The third-order valence-electron chi connectivity index (χ3n) is 3.26. The average Bonchev–Trinajstić information content (AvgIpc) is 3.02. The van der Waals surface area contributed by atoms with E-state index < -0.39 is 0 Å². The number of halogens is 2. The maximum atomic E-state index is 9.86. The highest BCUT2D eigenvalue weighted by atomic mass is 35.5. The van der Waals surface area contributed by atoms with Gasteiger partial charge in [-0.15, -0.1) is 10.2 Å². The Kier molecular flexibility index (Phi) is 5.53. The summed E-state index contributed by atoms with van der Waals surface area (Å²) < 4.78 is 5.63. The molecule has 1 heterocycles. The first kappa shape index (κ1) is 17.7. The number of rotatable bonds is 5. The second-order valence-corrected chi connectivity index (χ2v) is 6.94. The molecule has 25 heavy (non-hydrogen) atoms. The van der Waals surface area contributed by atoms with Crippen LogP contribution in [0.5, 0.6) is 11.5 Å². The molecular weight excluding hydrogens is 381 g/mol. The molecule has 8 heteroatoms. The van der Waals surface area contributed by atoms with Gasteiger partial charge in [0.2, 0.25) is 5.13 Å². The fourth-order valence-corrected chi connectivity index (χ4v) is 3.20. The van der Waals surface area contributed by atoms with E-state index in [1.54, 1.807) is 43.3 Å². The standard InChI is InChI=1S/C17H13Cl2N3O2S/c1-10(12-4-2-3-5-14(12)23)20-17-22-21-16(25-17)9-24-15-7-6-11(18)8-13(15)19/h2-8,23H,9H2,1H3/b20-10+. The first-order valence-electron chi connectivity index (χ1n) is 7.27. The Balaban J connectivity index is 1.70. The smallest absolute Gasteiger partial charge is 0.231 e. The molecule has 0 radical (unpaired) electrons. The van der Waals surface area contributed by atoms with Gasteiger partial charge in [0.25, 0.3) is 0 Å². The van der Waals surface area contributed by atoms with Gasteiger partial charge in [0.15, 0.2) is 5.01 Å². The van der Waals surface area contributed by atoms with Gasteiger partial charge in [-0.3, -0.25) is 0 Å². The van der Waals surface area contributed by atoms with Crippen LogP contribution in [0.1, 0.15) is 17.5 Å². The molecule has 128 valence electrons. The van der Waals surface area contributed by atoms with E-state index in [0.29, 0.717) is 37.2 Å². The summed E-state index contributed by atoms with van der Waals surface area (Å²) in [6.07, 6.45) is 0. The van der Waals surface area contributed by atoms with Gasteiger partial charge in [-0.1, -0.05) is 46.7 Å². The lowest BCUT2D eigenvalue weighted by Gasteiger charge is -2.05. The minimum atomic E-state index is 0.175. The largest absolute Gasteiger partial charge is 0.507 e. The van der Waals surface area contributed by atoms with Gasteiger partial charge < -0.3 is 9.84 Å². The normalized spacial score (nSPS) is 11.6. The van der Waals surface area contributed by atoms with Gasteiger partial charge in [0.1, 0.15) is 18.1 Å². The van der Waals surface area contributed by atoms with Crippen molar-refractivity contribution in [3.05, 3.63) is 63.1 Å². The topological polar surface area (TPSA) is 67.6 Å². The second-order valence-electron chi connectivity index (χ2n) is 5.06. The lowest BCUT2D eigenvalue weighted by molar-refractivity contribution is 0.305. The number of para-hydroxylation sites is 1. The molecule has 1 N–H and O–H groups in total. The number of aromatic nitrogens is 2. The van der Waals surface area contributed by atoms with Crippen molar-refractivity contribution in [2.45, 2.75) is 13.5 Å². The molecule has 0 unspecified atom stereocenters. The Morgan fingerprint density at radius 3 is 2.76 bits per heavy atom. The molecule has 0 aliphatic rings. The van der Waals surface area contributed by atoms with Crippen molar-refractivity contribution in [1.82, 2.24) is 10.2 Å². The van der Waals surface area contributed by atoms with E-state index in [9.17, 15) is 5.11 Å². The molecule has 0 fully saturated rings. The molecule has 0 saturated heterocycles. The number of aromatic hydroxyl groups is 1. The van der Waals surface area contributed by atoms with Crippen molar-refractivity contribution in [2.24, 2.45) is 4.99 Å². The maximum absolute atomic E-state index is 9.86. The lowest BCUT2D eigenvalue weighted by atomic mass is 10.1. The highest BCUT2D eigenvalue weighted by Gasteiger charge is 2.09. The van der Waals surface area contributed by atoms with Crippen molar-refractivity contribution in [2.75, 3.05) is 0 Å². The molecule has 0 atom stereocenters. The third-order valence-corrected chi connectivity index (χ3v) is 4.58. The van der Waals surface area contributed by atoms with Crippen LogP contribution in [0.4, 0.5) is 5.13 Å². The zero-order valence-electron chi connectivity index (χ0n) is 13.1. The fourth-order valence-electron chi connectivity index (χ4n) is 2.06. The van der Waals surface area contributed by atoms with Crippen molar-refractivity contribution in [3.8, 4) is 11.5 Å². The van der Waals surface area contributed by atoms with E-state index in [2.05, 4.69) is 15.2 Å². The summed E-state index contributed by atoms with van der Waals surface area (Å²) in [7, 11) is 0. The summed E-state index contributed by atoms with van der Waals surface area (Å²) >= 11 is 13.2. The molecule has 3 aromatic rings. The summed E-state index contributed by atoms with van der Waals surface area (Å²) in [5, 5.41) is 20.1. The van der Waals surface area contributed by atoms with E-state index >= 15 is 0 Å². The molecule has 1 aromatic heterocycles. The summed E-state index contributed by atoms with van der Waals surface area (Å²) in [5.41, 5.74) is 1.31. The number of phenols is 1. The van der Waals surface area contributed by atoms with Gasteiger partial charge in [0.05, 0.1) is 10.7 Å². The van der Waals surface area contributed by atoms with Crippen LogP contribution >= 0.6 is 34.5 Å². The van der Waals surface area contributed by atoms with E-state index in [-0.39, 0.29) is 12.4 Å². The fraction of sp³-hybridized carbons (Fsp3) is 0.118. The minimum absolute atomic E-state index is 0.175. The molecule has 0 spiro atoms.